The molecule has 1 aromatic rings. The van der Waals surface area contributed by atoms with E-state index in [2.05, 4.69) is 4.90 Å². The third-order valence-electron chi connectivity index (χ3n) is 4.11. The van der Waals surface area contributed by atoms with E-state index in [9.17, 15) is 9.18 Å². The minimum absolute atomic E-state index is 0.195. The number of nitrogens with zero attached hydrogens (tertiary/aromatic N) is 2. The van der Waals surface area contributed by atoms with Crippen LogP contribution in [0, 0.1) is 5.82 Å². The molecule has 1 heterocycles. The van der Waals surface area contributed by atoms with Gasteiger partial charge in [-0.15, -0.1) is 0 Å². The Morgan fingerprint density at radius 3 is 2.48 bits per heavy atom. The number of amides is 1. The first-order valence-corrected chi connectivity index (χ1v) is 7.86. The molecule has 0 spiro atoms. The van der Waals surface area contributed by atoms with E-state index in [1.165, 1.54) is 18.6 Å². The van der Waals surface area contributed by atoms with Crippen LogP contribution in [0.2, 0.25) is 0 Å². The van der Waals surface area contributed by atoms with E-state index in [4.69, 9.17) is 0 Å². The number of carbonyl (C=O) groups is 1. The highest BCUT2D eigenvalue weighted by atomic mass is 19.1. The molecule has 1 fully saturated rings. The first-order valence-electron chi connectivity index (χ1n) is 7.86. The average Bonchev–Trinajstić information content (AvgIpc) is 2.53. The molecule has 0 radical (unpaired) electrons. The lowest BCUT2D eigenvalue weighted by Gasteiger charge is -2.27. The van der Waals surface area contributed by atoms with Gasteiger partial charge in [0, 0.05) is 32.6 Å². The van der Waals surface area contributed by atoms with E-state index in [-0.39, 0.29) is 11.7 Å². The van der Waals surface area contributed by atoms with Gasteiger partial charge in [0.05, 0.1) is 0 Å². The van der Waals surface area contributed by atoms with Crippen LogP contribution in [0.15, 0.2) is 24.3 Å². The number of piperidine rings is 1. The summed E-state index contributed by atoms with van der Waals surface area (Å²) in [4.78, 5) is 16.2. The fraction of sp³-hybridized carbons (Fsp3) is 0.588. The first kappa shape index (κ1) is 16.0. The van der Waals surface area contributed by atoms with Crippen LogP contribution >= 0.6 is 0 Å². The Balaban J connectivity index is 1.65. The molecule has 1 amide bonds. The molecule has 1 aliphatic rings. The quantitative estimate of drug-likeness (QED) is 0.805. The Morgan fingerprint density at radius 2 is 1.81 bits per heavy atom. The molecule has 3 nitrogen and oxygen atoms in total. The Hall–Kier alpha value is -1.42. The molecule has 0 aliphatic carbocycles. The van der Waals surface area contributed by atoms with Gasteiger partial charge in [0.2, 0.25) is 5.91 Å². The summed E-state index contributed by atoms with van der Waals surface area (Å²) in [6.45, 7) is 3.53. The fourth-order valence-corrected chi connectivity index (χ4v) is 2.67. The Morgan fingerprint density at radius 1 is 1.14 bits per heavy atom. The van der Waals surface area contributed by atoms with Crippen molar-refractivity contribution in [2.45, 2.75) is 32.1 Å². The van der Waals surface area contributed by atoms with Crippen LogP contribution in [0.4, 0.5) is 4.39 Å². The highest BCUT2D eigenvalue weighted by molar-refractivity contribution is 5.76. The summed E-state index contributed by atoms with van der Waals surface area (Å²) in [5, 5.41) is 0. The predicted molar refractivity (Wildman–Crippen MR) is 82.6 cm³/mol. The van der Waals surface area contributed by atoms with Crippen molar-refractivity contribution in [1.29, 1.82) is 0 Å². The number of hydrogen-bond donors (Lipinski definition) is 0. The van der Waals surface area contributed by atoms with Crippen molar-refractivity contribution >= 4 is 5.91 Å². The van der Waals surface area contributed by atoms with Crippen LogP contribution in [0.5, 0.6) is 0 Å². The zero-order valence-corrected chi connectivity index (χ0v) is 12.9. The minimum Gasteiger partial charge on any atom is -0.343 e. The largest absolute Gasteiger partial charge is 0.343 e. The van der Waals surface area contributed by atoms with Gasteiger partial charge in [-0.1, -0.05) is 12.1 Å². The van der Waals surface area contributed by atoms with Crippen molar-refractivity contribution in [3.05, 3.63) is 35.6 Å². The number of hydrogen-bond acceptors (Lipinski definition) is 2. The van der Waals surface area contributed by atoms with Crippen molar-refractivity contribution in [2.75, 3.05) is 33.2 Å². The first-order chi connectivity index (χ1) is 10.1. The minimum atomic E-state index is -0.195. The molecule has 21 heavy (non-hydrogen) atoms. The fourth-order valence-electron chi connectivity index (χ4n) is 2.67. The normalized spacial score (nSPS) is 15.5. The smallest absolute Gasteiger partial charge is 0.223 e. The van der Waals surface area contributed by atoms with E-state index < -0.39 is 0 Å². The lowest BCUT2D eigenvalue weighted by atomic mass is 10.1. The van der Waals surface area contributed by atoms with Crippen LogP contribution in [0.25, 0.3) is 0 Å². The molecule has 116 valence electrons. The molecule has 2 rings (SSSR count). The van der Waals surface area contributed by atoms with E-state index >= 15 is 0 Å². The monoisotopic (exact) mass is 292 g/mol. The SMILES string of the molecule is CN(CCC(=O)N1CCCCC1)CCc1ccc(F)cc1. The molecule has 1 saturated heterocycles. The predicted octanol–water partition coefficient (Wildman–Crippen LogP) is 2.70. The van der Waals surface area contributed by atoms with Crippen molar-refractivity contribution in [2.24, 2.45) is 0 Å². The molecule has 4 heteroatoms. The number of rotatable bonds is 6. The number of carbonyl (C=O) groups excluding carboxylic acids is 1. The second kappa shape index (κ2) is 8.13. The maximum atomic E-state index is 12.8. The van der Waals surface area contributed by atoms with Gasteiger partial charge in [0.15, 0.2) is 0 Å². The summed E-state index contributed by atoms with van der Waals surface area (Å²) >= 11 is 0. The second-order valence-corrected chi connectivity index (χ2v) is 5.87. The van der Waals surface area contributed by atoms with Crippen molar-refractivity contribution in [1.82, 2.24) is 9.80 Å². The van der Waals surface area contributed by atoms with Crippen molar-refractivity contribution in [3.8, 4) is 0 Å². The Bertz CT molecular complexity index is 441. The van der Waals surface area contributed by atoms with Crippen LogP contribution < -0.4 is 0 Å². The number of likely N-dealkylation sites (N-methyl/N-ethyl adjacent to an activating group) is 1. The zero-order chi connectivity index (χ0) is 15.1. The van der Waals surface area contributed by atoms with Gasteiger partial charge in [0.25, 0.3) is 0 Å². The third-order valence-corrected chi connectivity index (χ3v) is 4.11. The third kappa shape index (κ3) is 5.46. The summed E-state index contributed by atoms with van der Waals surface area (Å²) in [5.74, 6) is 0.0857. The molecule has 0 saturated carbocycles. The second-order valence-electron chi connectivity index (χ2n) is 5.87. The number of likely N-dealkylation sites (tertiary alicyclic amines) is 1. The lowest BCUT2D eigenvalue weighted by Crippen LogP contribution is -2.37. The summed E-state index contributed by atoms with van der Waals surface area (Å²) in [7, 11) is 2.03. The summed E-state index contributed by atoms with van der Waals surface area (Å²) in [5.41, 5.74) is 1.13. The topological polar surface area (TPSA) is 23.6 Å². The van der Waals surface area contributed by atoms with Gasteiger partial charge in [-0.2, -0.15) is 0 Å². The highest BCUT2D eigenvalue weighted by Crippen LogP contribution is 2.10. The molecule has 0 N–H and O–H groups in total. The molecule has 0 atom stereocenters. The van der Waals surface area contributed by atoms with Gasteiger partial charge >= 0.3 is 0 Å². The molecule has 1 aliphatic heterocycles. The average molecular weight is 292 g/mol. The molecule has 1 aromatic carbocycles. The molecule has 0 unspecified atom stereocenters. The maximum absolute atomic E-state index is 12.8. The van der Waals surface area contributed by atoms with E-state index in [0.29, 0.717) is 6.42 Å². The Labute approximate surface area is 126 Å². The lowest BCUT2D eigenvalue weighted by molar-refractivity contribution is -0.132. The molecule has 0 aromatic heterocycles. The van der Waals surface area contributed by atoms with Crippen LogP contribution in [-0.2, 0) is 11.2 Å². The number of halogens is 1. The van der Waals surface area contributed by atoms with Crippen molar-refractivity contribution < 1.29 is 9.18 Å². The molecule has 0 bridgehead atoms. The van der Waals surface area contributed by atoms with Gasteiger partial charge < -0.3 is 9.80 Å². The highest BCUT2D eigenvalue weighted by Gasteiger charge is 2.16. The standard InChI is InChI=1S/C17H25FN2O/c1-19(13-9-15-5-7-16(18)8-6-15)14-10-17(21)20-11-3-2-4-12-20/h5-8H,2-4,9-14H2,1H3. The van der Waals surface area contributed by atoms with E-state index in [1.54, 1.807) is 0 Å². The number of benzene rings is 1. The van der Waals surface area contributed by atoms with Crippen LogP contribution in [-0.4, -0.2) is 48.9 Å². The van der Waals surface area contributed by atoms with Crippen LogP contribution in [0.3, 0.4) is 0 Å². The van der Waals surface area contributed by atoms with Gasteiger partial charge in [-0.05, 0) is 50.4 Å². The van der Waals surface area contributed by atoms with Crippen LogP contribution in [0.1, 0.15) is 31.2 Å². The van der Waals surface area contributed by atoms with Gasteiger partial charge in [-0.3, -0.25) is 4.79 Å². The molecular weight excluding hydrogens is 267 g/mol. The van der Waals surface area contributed by atoms with E-state index in [1.807, 2.05) is 24.1 Å². The maximum Gasteiger partial charge on any atom is 0.223 e. The summed E-state index contributed by atoms with van der Waals surface area (Å²) in [6, 6.07) is 6.63. The van der Waals surface area contributed by atoms with E-state index in [0.717, 1.165) is 51.0 Å². The Kier molecular flexibility index (Phi) is 6.18. The zero-order valence-electron chi connectivity index (χ0n) is 12.9. The molecular formula is C17H25FN2O. The summed E-state index contributed by atoms with van der Waals surface area (Å²) in [6.07, 6.45) is 5.02. The van der Waals surface area contributed by atoms with Crippen molar-refractivity contribution in [3.63, 3.8) is 0 Å². The van der Waals surface area contributed by atoms with Gasteiger partial charge in [-0.25, -0.2) is 4.39 Å². The summed E-state index contributed by atoms with van der Waals surface area (Å²) < 4.78 is 12.8. The van der Waals surface area contributed by atoms with Gasteiger partial charge in [0.1, 0.15) is 5.82 Å².